The summed E-state index contributed by atoms with van der Waals surface area (Å²) in [5.74, 6) is 2.06. The van der Waals surface area contributed by atoms with Gasteiger partial charge < -0.3 is 15.0 Å². The molecule has 3 rings (SSSR count). The number of anilines is 2. The van der Waals surface area contributed by atoms with Crippen LogP contribution in [0.15, 0.2) is 30.5 Å². The van der Waals surface area contributed by atoms with Gasteiger partial charge in [-0.25, -0.2) is 15.0 Å². The molecule has 0 aromatic carbocycles. The fourth-order valence-corrected chi connectivity index (χ4v) is 2.97. The number of methoxy groups -OCH3 is 1. The highest BCUT2D eigenvalue weighted by atomic mass is 16.5. The van der Waals surface area contributed by atoms with E-state index < -0.39 is 0 Å². The maximum atomic E-state index is 12.2. The van der Waals surface area contributed by atoms with Gasteiger partial charge in [-0.1, -0.05) is 6.07 Å². The first-order chi connectivity index (χ1) is 11.7. The third kappa shape index (κ3) is 3.68. The van der Waals surface area contributed by atoms with Crippen molar-refractivity contribution in [1.82, 2.24) is 19.9 Å². The van der Waals surface area contributed by atoms with Crippen LogP contribution in [0.1, 0.15) is 30.4 Å². The number of aryl methyl sites for hydroxylation is 1. The van der Waals surface area contributed by atoms with E-state index in [0.717, 1.165) is 30.9 Å². The average Bonchev–Trinajstić information content (AvgIpc) is 3.05. The van der Waals surface area contributed by atoms with E-state index in [0.29, 0.717) is 11.6 Å². The van der Waals surface area contributed by atoms with Gasteiger partial charge in [0, 0.05) is 25.9 Å². The molecule has 0 bridgehead atoms. The lowest BCUT2D eigenvalue weighted by Crippen LogP contribution is -2.33. The molecular formula is C17H21N5O2. The fraction of sp³-hybridized carbons (Fsp3) is 0.412. The van der Waals surface area contributed by atoms with Crippen LogP contribution in [0.5, 0.6) is 0 Å². The van der Waals surface area contributed by atoms with E-state index in [1.807, 2.05) is 36.1 Å². The number of carbonyl (C=O) groups excluding carboxylic acids is 1. The van der Waals surface area contributed by atoms with Gasteiger partial charge in [-0.2, -0.15) is 0 Å². The zero-order chi connectivity index (χ0) is 16.9. The molecule has 0 saturated carbocycles. The number of nitrogens with one attached hydrogen (secondary N) is 1. The van der Waals surface area contributed by atoms with Crippen LogP contribution in [0, 0.1) is 6.92 Å². The Morgan fingerprint density at radius 2 is 2.25 bits per heavy atom. The lowest BCUT2D eigenvalue weighted by molar-refractivity contribution is -0.136. The maximum Gasteiger partial charge on any atom is 0.249 e. The standard InChI is InChI=1S/C17H21N5O2/c1-12-19-13(14-6-5-9-22(14)17(23)11-24-2)10-16(20-12)21-15-7-3-4-8-18-15/h3-4,7-8,10,14H,5-6,9,11H2,1-2H3,(H,18,19,20,21)/t14-/m1/s1. The van der Waals surface area contributed by atoms with Crippen LogP contribution in [0.3, 0.4) is 0 Å². The van der Waals surface area contributed by atoms with E-state index in [9.17, 15) is 4.79 Å². The molecule has 1 aliphatic rings. The monoisotopic (exact) mass is 327 g/mol. The first kappa shape index (κ1) is 16.3. The van der Waals surface area contributed by atoms with Crippen LogP contribution in [-0.4, -0.2) is 46.0 Å². The van der Waals surface area contributed by atoms with Gasteiger partial charge in [0.2, 0.25) is 5.91 Å². The minimum absolute atomic E-state index is 0.00417. The second kappa shape index (κ2) is 7.35. The number of ether oxygens (including phenoxy) is 1. The summed E-state index contributed by atoms with van der Waals surface area (Å²) in [7, 11) is 1.53. The highest BCUT2D eigenvalue weighted by Gasteiger charge is 2.31. The van der Waals surface area contributed by atoms with Crippen molar-refractivity contribution in [3.8, 4) is 0 Å². The number of aromatic nitrogens is 3. The molecule has 2 aromatic rings. The van der Waals surface area contributed by atoms with Crippen molar-refractivity contribution in [2.75, 3.05) is 25.6 Å². The average molecular weight is 327 g/mol. The molecule has 7 heteroatoms. The molecule has 126 valence electrons. The molecule has 0 aliphatic carbocycles. The summed E-state index contributed by atoms with van der Waals surface area (Å²) in [4.78, 5) is 27.3. The van der Waals surface area contributed by atoms with Crippen molar-refractivity contribution in [2.24, 2.45) is 0 Å². The molecular weight excluding hydrogens is 306 g/mol. The maximum absolute atomic E-state index is 12.2. The number of carbonyl (C=O) groups is 1. The molecule has 1 saturated heterocycles. The minimum Gasteiger partial charge on any atom is -0.375 e. The molecule has 3 heterocycles. The lowest BCUT2D eigenvalue weighted by atomic mass is 10.1. The summed E-state index contributed by atoms with van der Waals surface area (Å²) in [5, 5.41) is 3.19. The van der Waals surface area contributed by atoms with Gasteiger partial charge in [0.1, 0.15) is 24.1 Å². The second-order valence-electron chi connectivity index (χ2n) is 5.74. The Hall–Kier alpha value is -2.54. The van der Waals surface area contributed by atoms with Crippen molar-refractivity contribution in [3.63, 3.8) is 0 Å². The largest absolute Gasteiger partial charge is 0.375 e. The van der Waals surface area contributed by atoms with E-state index in [1.54, 1.807) is 6.20 Å². The van der Waals surface area contributed by atoms with Gasteiger partial charge in [0.05, 0.1) is 11.7 Å². The van der Waals surface area contributed by atoms with Crippen LogP contribution in [0.25, 0.3) is 0 Å². The van der Waals surface area contributed by atoms with Crippen LogP contribution in [0.2, 0.25) is 0 Å². The molecule has 2 aromatic heterocycles. The Morgan fingerprint density at radius 3 is 3.00 bits per heavy atom. The van der Waals surface area contributed by atoms with E-state index in [-0.39, 0.29) is 18.6 Å². The Bertz CT molecular complexity index is 707. The number of hydrogen-bond acceptors (Lipinski definition) is 6. The summed E-state index contributed by atoms with van der Waals surface area (Å²) >= 11 is 0. The van der Waals surface area contributed by atoms with Gasteiger partial charge in [-0.3, -0.25) is 4.79 Å². The van der Waals surface area contributed by atoms with Gasteiger partial charge in [-0.15, -0.1) is 0 Å². The van der Waals surface area contributed by atoms with Gasteiger partial charge >= 0.3 is 0 Å². The van der Waals surface area contributed by atoms with Crippen LogP contribution < -0.4 is 5.32 Å². The van der Waals surface area contributed by atoms with E-state index >= 15 is 0 Å². The number of hydrogen-bond donors (Lipinski definition) is 1. The summed E-state index contributed by atoms with van der Waals surface area (Å²) < 4.78 is 4.98. The van der Waals surface area contributed by atoms with Gasteiger partial charge in [0.25, 0.3) is 0 Å². The van der Waals surface area contributed by atoms with E-state index in [1.165, 1.54) is 7.11 Å². The summed E-state index contributed by atoms with van der Waals surface area (Å²) in [6.45, 7) is 2.68. The fourth-order valence-electron chi connectivity index (χ4n) is 2.97. The Kier molecular flexibility index (Phi) is 5.00. The Morgan fingerprint density at radius 1 is 1.38 bits per heavy atom. The highest BCUT2D eigenvalue weighted by Crippen LogP contribution is 2.32. The second-order valence-corrected chi connectivity index (χ2v) is 5.74. The number of pyridine rings is 1. The SMILES string of the molecule is COCC(=O)N1CCC[C@@H]1c1cc(Nc2ccccn2)nc(C)n1. The summed E-state index contributed by atoms with van der Waals surface area (Å²) in [6.07, 6.45) is 3.58. The first-order valence-electron chi connectivity index (χ1n) is 7.99. The van der Waals surface area contributed by atoms with Crippen molar-refractivity contribution in [2.45, 2.75) is 25.8 Å². The molecule has 1 amide bonds. The number of nitrogens with zero attached hydrogens (tertiary/aromatic N) is 4. The predicted octanol–water partition coefficient (Wildman–Crippen LogP) is 2.23. The summed E-state index contributed by atoms with van der Waals surface area (Å²) in [5.41, 5.74) is 0.850. The Labute approximate surface area is 141 Å². The van der Waals surface area contributed by atoms with Crippen molar-refractivity contribution in [3.05, 3.63) is 42.0 Å². The smallest absolute Gasteiger partial charge is 0.249 e. The molecule has 1 aliphatic heterocycles. The molecule has 1 fully saturated rings. The lowest BCUT2D eigenvalue weighted by Gasteiger charge is -2.24. The van der Waals surface area contributed by atoms with Crippen molar-refractivity contribution < 1.29 is 9.53 Å². The van der Waals surface area contributed by atoms with Crippen LogP contribution in [-0.2, 0) is 9.53 Å². The molecule has 0 radical (unpaired) electrons. The van der Waals surface area contributed by atoms with Gasteiger partial charge in [0.15, 0.2) is 0 Å². The topological polar surface area (TPSA) is 80.2 Å². The number of amides is 1. The number of likely N-dealkylation sites (tertiary alicyclic amines) is 1. The minimum atomic E-state index is -0.0290. The predicted molar refractivity (Wildman–Crippen MR) is 89.9 cm³/mol. The third-order valence-electron chi connectivity index (χ3n) is 3.96. The summed E-state index contributed by atoms with van der Waals surface area (Å²) in [6, 6.07) is 7.51. The van der Waals surface area contributed by atoms with Crippen molar-refractivity contribution in [1.29, 1.82) is 0 Å². The quantitative estimate of drug-likeness (QED) is 0.907. The first-order valence-corrected chi connectivity index (χ1v) is 7.99. The molecule has 0 spiro atoms. The third-order valence-corrected chi connectivity index (χ3v) is 3.96. The zero-order valence-corrected chi connectivity index (χ0v) is 13.9. The normalized spacial score (nSPS) is 17.1. The molecule has 24 heavy (non-hydrogen) atoms. The molecule has 7 nitrogen and oxygen atoms in total. The highest BCUT2D eigenvalue weighted by molar-refractivity contribution is 5.78. The number of rotatable bonds is 5. The van der Waals surface area contributed by atoms with Crippen LogP contribution in [0.4, 0.5) is 11.6 Å². The molecule has 1 N–H and O–H groups in total. The molecule has 1 atom stereocenters. The van der Waals surface area contributed by atoms with Gasteiger partial charge in [-0.05, 0) is 31.9 Å². The van der Waals surface area contributed by atoms with Crippen molar-refractivity contribution >= 4 is 17.5 Å². The van der Waals surface area contributed by atoms with E-state index in [2.05, 4.69) is 20.3 Å². The zero-order valence-electron chi connectivity index (χ0n) is 13.9. The van der Waals surface area contributed by atoms with E-state index in [4.69, 9.17) is 4.74 Å². The Balaban J connectivity index is 1.84. The van der Waals surface area contributed by atoms with Crippen LogP contribution >= 0.6 is 0 Å². The molecule has 0 unspecified atom stereocenters.